The summed E-state index contributed by atoms with van der Waals surface area (Å²) in [4.78, 5) is 10.9. The van der Waals surface area contributed by atoms with Crippen LogP contribution in [-0.2, 0) is 9.30 Å². The van der Waals surface area contributed by atoms with Crippen molar-refractivity contribution in [3.63, 3.8) is 0 Å². The number of nitrogens with one attached hydrogen (secondary N) is 1. The fourth-order valence-corrected chi connectivity index (χ4v) is 1.97. The Labute approximate surface area is 85.9 Å². The van der Waals surface area contributed by atoms with Crippen molar-refractivity contribution in [2.45, 2.75) is 31.8 Å². The summed E-state index contributed by atoms with van der Waals surface area (Å²) in [6.07, 6.45) is 2.92. The van der Waals surface area contributed by atoms with Crippen LogP contribution >= 0.6 is 28.5 Å². The quantitative estimate of drug-likeness (QED) is 0.761. The largest absolute Gasteiger partial charge is 0.446 e. The summed E-state index contributed by atoms with van der Waals surface area (Å²) >= 11 is 10.2. The molecule has 0 aromatic rings. The molecule has 0 unspecified atom stereocenters. The number of carbonyl (C=O) groups excluding carboxylic acids is 1. The van der Waals surface area contributed by atoms with Crippen molar-refractivity contribution in [1.29, 1.82) is 0 Å². The van der Waals surface area contributed by atoms with Gasteiger partial charge in [-0.15, -0.1) is 0 Å². The van der Waals surface area contributed by atoms with Gasteiger partial charge in [0.1, 0.15) is 6.10 Å². The molecular formula is C6H10Cl2NO3P. The van der Waals surface area contributed by atoms with E-state index in [4.69, 9.17) is 27.2 Å². The summed E-state index contributed by atoms with van der Waals surface area (Å²) in [5.74, 6) is -3.56. The molecule has 13 heavy (non-hydrogen) atoms. The van der Waals surface area contributed by atoms with Crippen molar-refractivity contribution in [2.75, 3.05) is 0 Å². The van der Waals surface area contributed by atoms with Crippen molar-refractivity contribution in [1.82, 2.24) is 5.09 Å². The third kappa shape index (κ3) is 4.75. The van der Waals surface area contributed by atoms with Gasteiger partial charge in [0.05, 0.1) is 0 Å². The van der Waals surface area contributed by atoms with Crippen LogP contribution in [0.1, 0.15) is 25.7 Å². The molecule has 1 rings (SSSR count). The van der Waals surface area contributed by atoms with Crippen molar-refractivity contribution >= 4 is 34.6 Å². The lowest BCUT2D eigenvalue weighted by Gasteiger charge is -2.11. The zero-order chi connectivity index (χ0) is 9.90. The van der Waals surface area contributed by atoms with Gasteiger partial charge in [0.15, 0.2) is 0 Å². The van der Waals surface area contributed by atoms with Gasteiger partial charge in [-0.05, 0) is 48.2 Å². The smallest absolute Gasteiger partial charge is 0.414 e. The van der Waals surface area contributed by atoms with Gasteiger partial charge in [0.2, 0.25) is 0 Å². The van der Waals surface area contributed by atoms with Gasteiger partial charge in [-0.1, -0.05) is 0 Å². The lowest BCUT2D eigenvalue weighted by molar-refractivity contribution is 0.106. The summed E-state index contributed by atoms with van der Waals surface area (Å²) < 4.78 is 15.6. The molecule has 1 aliphatic rings. The molecule has 0 aromatic heterocycles. The Morgan fingerprint density at radius 3 is 2.38 bits per heavy atom. The molecule has 0 atom stereocenters. The molecule has 1 aliphatic carbocycles. The maximum Gasteiger partial charge on any atom is 0.414 e. The van der Waals surface area contributed by atoms with Crippen LogP contribution in [0.2, 0.25) is 0 Å². The highest BCUT2D eigenvalue weighted by molar-refractivity contribution is 8.07. The molecule has 0 heterocycles. The molecule has 0 spiro atoms. The highest BCUT2D eigenvalue weighted by atomic mass is 35.9. The Hall–Kier alpha value is 0.0800. The number of ether oxygens (including phenoxy) is 1. The molecule has 4 nitrogen and oxygen atoms in total. The molecule has 76 valence electrons. The number of hydrogen-bond acceptors (Lipinski definition) is 3. The van der Waals surface area contributed by atoms with Crippen LogP contribution in [0.15, 0.2) is 0 Å². The first-order chi connectivity index (χ1) is 5.97. The van der Waals surface area contributed by atoms with Gasteiger partial charge in [-0.2, -0.15) is 0 Å². The number of rotatable bonds is 2. The highest BCUT2D eigenvalue weighted by Gasteiger charge is 2.23. The fourth-order valence-electron chi connectivity index (χ4n) is 1.29. The third-order valence-electron chi connectivity index (χ3n) is 1.80. The lowest BCUT2D eigenvalue weighted by atomic mass is 10.3. The molecule has 0 radical (unpaired) electrons. The second-order valence-electron chi connectivity index (χ2n) is 2.89. The summed E-state index contributed by atoms with van der Waals surface area (Å²) in [6.45, 7) is 0. The van der Waals surface area contributed by atoms with Gasteiger partial charge < -0.3 is 4.74 Å². The second-order valence-corrected chi connectivity index (χ2v) is 7.41. The Morgan fingerprint density at radius 1 is 1.38 bits per heavy atom. The molecule has 0 aliphatic heterocycles. The van der Waals surface area contributed by atoms with E-state index in [0.29, 0.717) is 0 Å². The van der Waals surface area contributed by atoms with Crippen molar-refractivity contribution in [3.8, 4) is 0 Å². The van der Waals surface area contributed by atoms with E-state index >= 15 is 0 Å². The predicted octanol–water partition coefficient (Wildman–Crippen LogP) is 3.24. The molecular weight excluding hydrogens is 236 g/mol. The molecule has 1 amide bonds. The van der Waals surface area contributed by atoms with E-state index in [1.165, 1.54) is 0 Å². The van der Waals surface area contributed by atoms with Crippen molar-refractivity contribution < 1.29 is 14.1 Å². The third-order valence-corrected chi connectivity index (χ3v) is 2.75. The standard InChI is InChI=1S/C6H10Cl2NO3P/c7-13(8,11)9-6(10)12-5-3-1-2-4-5/h5H,1-4H2,(H,9,10,11). The van der Waals surface area contributed by atoms with E-state index in [1.54, 1.807) is 0 Å². The van der Waals surface area contributed by atoms with Crippen molar-refractivity contribution in [2.24, 2.45) is 0 Å². The van der Waals surface area contributed by atoms with Gasteiger partial charge in [0.25, 0.3) is 0 Å². The van der Waals surface area contributed by atoms with Crippen LogP contribution in [0.4, 0.5) is 4.79 Å². The van der Waals surface area contributed by atoms with Gasteiger partial charge >= 0.3 is 12.1 Å². The van der Waals surface area contributed by atoms with E-state index in [9.17, 15) is 9.36 Å². The van der Waals surface area contributed by atoms with E-state index in [2.05, 4.69) is 0 Å². The zero-order valence-corrected chi connectivity index (χ0v) is 9.24. The van der Waals surface area contributed by atoms with E-state index in [1.807, 2.05) is 5.09 Å². The first kappa shape index (κ1) is 11.2. The molecule has 1 fully saturated rings. The number of carbonyl (C=O) groups is 1. The first-order valence-corrected chi connectivity index (χ1v) is 7.47. The monoisotopic (exact) mass is 245 g/mol. The van der Waals surface area contributed by atoms with Gasteiger partial charge in [-0.25, -0.2) is 9.88 Å². The Kier molecular flexibility index (Phi) is 3.89. The first-order valence-electron chi connectivity index (χ1n) is 3.95. The predicted molar refractivity (Wildman–Crippen MR) is 51.2 cm³/mol. The minimum absolute atomic E-state index is 0.0834. The van der Waals surface area contributed by atoms with Crippen LogP contribution in [0.5, 0.6) is 0 Å². The molecule has 0 aromatic carbocycles. The Balaban J connectivity index is 2.28. The maximum absolute atomic E-state index is 10.9. The molecule has 1 saturated carbocycles. The Bertz CT molecular complexity index is 236. The molecule has 0 bridgehead atoms. The summed E-state index contributed by atoms with van der Waals surface area (Å²) in [5, 5.41) is 1.87. The van der Waals surface area contributed by atoms with Gasteiger partial charge in [0, 0.05) is 0 Å². The van der Waals surface area contributed by atoms with E-state index < -0.39 is 12.1 Å². The molecule has 1 N–H and O–H groups in total. The molecule has 0 saturated heterocycles. The van der Waals surface area contributed by atoms with Crippen LogP contribution in [-0.4, -0.2) is 12.2 Å². The summed E-state index contributed by atoms with van der Waals surface area (Å²) in [7, 11) is 0. The van der Waals surface area contributed by atoms with Crippen LogP contribution < -0.4 is 5.09 Å². The lowest BCUT2D eigenvalue weighted by Crippen LogP contribution is -2.23. The summed E-state index contributed by atoms with van der Waals surface area (Å²) in [5.41, 5.74) is 0. The zero-order valence-electron chi connectivity index (χ0n) is 6.83. The van der Waals surface area contributed by atoms with Crippen molar-refractivity contribution in [3.05, 3.63) is 0 Å². The maximum atomic E-state index is 10.9. The SMILES string of the molecule is O=C(NP(=O)(Cl)Cl)OC1CCCC1. The van der Waals surface area contributed by atoms with E-state index in [0.717, 1.165) is 25.7 Å². The number of hydrogen-bond donors (Lipinski definition) is 1. The minimum atomic E-state index is -3.56. The Morgan fingerprint density at radius 2 is 1.92 bits per heavy atom. The van der Waals surface area contributed by atoms with E-state index in [-0.39, 0.29) is 6.10 Å². The average molecular weight is 246 g/mol. The number of halogens is 2. The normalized spacial score (nSPS) is 18.6. The minimum Gasteiger partial charge on any atom is -0.446 e. The highest BCUT2D eigenvalue weighted by Crippen LogP contribution is 2.52. The number of amides is 1. The fraction of sp³-hybridized carbons (Fsp3) is 0.833. The topological polar surface area (TPSA) is 55.4 Å². The van der Waals surface area contributed by atoms with Crippen LogP contribution in [0, 0.1) is 0 Å². The summed E-state index contributed by atoms with van der Waals surface area (Å²) in [6, 6.07) is 0. The van der Waals surface area contributed by atoms with Crippen LogP contribution in [0.3, 0.4) is 0 Å². The van der Waals surface area contributed by atoms with Crippen LogP contribution in [0.25, 0.3) is 0 Å². The second kappa shape index (κ2) is 4.54. The molecule has 7 heteroatoms. The average Bonchev–Trinajstić information content (AvgIpc) is 2.34. The van der Waals surface area contributed by atoms with Gasteiger partial charge in [-0.3, -0.25) is 4.57 Å².